The molecule has 3 rings (SSSR count). The second-order valence-electron chi connectivity index (χ2n) is 5.10. The smallest absolute Gasteiger partial charge is 0.229 e. The maximum absolute atomic E-state index is 11.2. The fourth-order valence-electron chi connectivity index (χ4n) is 1.99. The number of thiazole rings is 1. The van der Waals surface area contributed by atoms with Crippen molar-refractivity contribution in [2.75, 3.05) is 16.3 Å². The number of nitrogens with one attached hydrogen (secondary N) is 2. The fourth-order valence-corrected chi connectivity index (χ4v) is 3.70. The molecule has 0 unspecified atom stereocenters. The summed E-state index contributed by atoms with van der Waals surface area (Å²) in [5.41, 5.74) is 2.11. The van der Waals surface area contributed by atoms with Gasteiger partial charge in [0.1, 0.15) is 0 Å². The average molecular weight is 415 g/mol. The van der Waals surface area contributed by atoms with Gasteiger partial charge in [-0.2, -0.15) is 0 Å². The Bertz CT molecular complexity index is 1000. The number of hydrogen-bond acceptors (Lipinski definition) is 6. The Hall–Kier alpha value is -1.87. The normalized spacial score (nSPS) is 11.3. The highest BCUT2D eigenvalue weighted by Crippen LogP contribution is 2.30. The summed E-state index contributed by atoms with van der Waals surface area (Å²) in [7, 11) is -3.29. The topological polar surface area (TPSA) is 84.0 Å². The Morgan fingerprint density at radius 2 is 1.88 bits per heavy atom. The van der Waals surface area contributed by atoms with Gasteiger partial charge in [0.25, 0.3) is 0 Å². The molecular formula is C15H12Cl2N4O2S2. The second-order valence-corrected chi connectivity index (χ2v) is 8.55. The summed E-state index contributed by atoms with van der Waals surface area (Å²) in [4.78, 5) is 8.61. The van der Waals surface area contributed by atoms with Crippen molar-refractivity contribution in [1.82, 2.24) is 9.97 Å². The monoisotopic (exact) mass is 414 g/mol. The van der Waals surface area contributed by atoms with E-state index in [1.807, 2.05) is 5.38 Å². The standard InChI is InChI=1S/C15H12Cl2N4O2S2/c1-25(22,23)21-11-4-2-9(3-5-11)13-8-24-15(19-13)20-14-12(17)6-10(16)7-18-14/h2-8,21H,1H3,(H,18,19,20). The first kappa shape index (κ1) is 17.9. The minimum atomic E-state index is -3.29. The van der Waals surface area contributed by atoms with Gasteiger partial charge in [0, 0.05) is 22.8 Å². The van der Waals surface area contributed by atoms with Crippen LogP contribution >= 0.6 is 34.5 Å². The Morgan fingerprint density at radius 3 is 2.52 bits per heavy atom. The van der Waals surface area contributed by atoms with E-state index in [1.165, 1.54) is 17.5 Å². The zero-order valence-electron chi connectivity index (χ0n) is 12.8. The van der Waals surface area contributed by atoms with Gasteiger partial charge in [-0.1, -0.05) is 35.3 Å². The lowest BCUT2D eigenvalue weighted by atomic mass is 10.1. The van der Waals surface area contributed by atoms with Crippen LogP contribution in [0.4, 0.5) is 16.6 Å². The minimum absolute atomic E-state index is 0.403. The Kier molecular flexibility index (Phi) is 5.14. The molecule has 0 bridgehead atoms. The molecule has 0 amide bonds. The van der Waals surface area contributed by atoms with E-state index in [2.05, 4.69) is 20.0 Å². The SMILES string of the molecule is CS(=O)(=O)Nc1ccc(-c2csc(Nc3ncc(Cl)cc3Cl)n2)cc1. The number of rotatable bonds is 5. The van der Waals surface area contributed by atoms with Crippen molar-refractivity contribution < 1.29 is 8.42 Å². The maximum atomic E-state index is 11.2. The first-order valence-corrected chi connectivity index (χ1v) is 10.4. The van der Waals surface area contributed by atoms with Crippen LogP contribution in [0.3, 0.4) is 0 Å². The second kappa shape index (κ2) is 7.17. The third-order valence-corrected chi connectivity index (χ3v) is 4.88. The molecule has 0 aliphatic carbocycles. The van der Waals surface area contributed by atoms with Crippen LogP contribution in [0.1, 0.15) is 0 Å². The third-order valence-electron chi connectivity index (χ3n) is 3.02. The summed E-state index contributed by atoms with van der Waals surface area (Å²) in [6.07, 6.45) is 2.60. The van der Waals surface area contributed by atoms with E-state index in [9.17, 15) is 8.42 Å². The van der Waals surface area contributed by atoms with Crippen molar-refractivity contribution in [2.24, 2.45) is 0 Å². The number of hydrogen-bond donors (Lipinski definition) is 2. The lowest BCUT2D eigenvalue weighted by Crippen LogP contribution is -2.09. The molecule has 2 heterocycles. The molecule has 3 aromatic rings. The van der Waals surface area contributed by atoms with E-state index >= 15 is 0 Å². The van der Waals surface area contributed by atoms with Gasteiger partial charge >= 0.3 is 0 Å². The number of halogens is 2. The molecule has 0 fully saturated rings. The number of anilines is 3. The van der Waals surface area contributed by atoms with E-state index in [-0.39, 0.29) is 0 Å². The fraction of sp³-hybridized carbons (Fsp3) is 0.0667. The third kappa shape index (κ3) is 4.82. The van der Waals surface area contributed by atoms with Crippen LogP contribution in [0.5, 0.6) is 0 Å². The molecule has 0 radical (unpaired) electrons. The van der Waals surface area contributed by atoms with Gasteiger partial charge in [-0.15, -0.1) is 11.3 Å². The van der Waals surface area contributed by atoms with Crippen LogP contribution in [0, 0.1) is 0 Å². The lowest BCUT2D eigenvalue weighted by Gasteiger charge is -2.05. The molecule has 25 heavy (non-hydrogen) atoms. The van der Waals surface area contributed by atoms with E-state index in [0.29, 0.717) is 26.7 Å². The van der Waals surface area contributed by atoms with Crippen LogP contribution < -0.4 is 10.0 Å². The summed E-state index contributed by atoms with van der Waals surface area (Å²) in [6.45, 7) is 0. The average Bonchev–Trinajstić information content (AvgIpc) is 2.98. The van der Waals surface area contributed by atoms with E-state index in [1.54, 1.807) is 30.3 Å². The largest absolute Gasteiger partial charge is 0.315 e. The molecule has 130 valence electrons. The Balaban J connectivity index is 1.77. The number of sulfonamides is 1. The van der Waals surface area contributed by atoms with Gasteiger partial charge in [0.2, 0.25) is 10.0 Å². The van der Waals surface area contributed by atoms with Crippen LogP contribution in [-0.4, -0.2) is 24.6 Å². The molecule has 2 N–H and O–H groups in total. The van der Waals surface area contributed by atoms with Gasteiger partial charge in [-0.3, -0.25) is 4.72 Å². The summed E-state index contributed by atoms with van der Waals surface area (Å²) in [6, 6.07) is 8.54. The van der Waals surface area contributed by atoms with Gasteiger partial charge in [0.05, 0.1) is 22.0 Å². The van der Waals surface area contributed by atoms with Gasteiger partial charge < -0.3 is 5.32 Å². The first-order valence-electron chi connectivity index (χ1n) is 6.92. The molecule has 0 atom stereocenters. The van der Waals surface area contributed by atoms with E-state index in [0.717, 1.165) is 17.5 Å². The quantitative estimate of drug-likeness (QED) is 0.635. The van der Waals surface area contributed by atoms with Crippen molar-refractivity contribution in [3.05, 3.63) is 52.0 Å². The molecular weight excluding hydrogens is 403 g/mol. The predicted molar refractivity (Wildman–Crippen MR) is 104 cm³/mol. The van der Waals surface area contributed by atoms with Gasteiger partial charge in [-0.05, 0) is 18.2 Å². The van der Waals surface area contributed by atoms with Crippen molar-refractivity contribution in [2.45, 2.75) is 0 Å². The molecule has 10 heteroatoms. The number of benzene rings is 1. The first-order chi connectivity index (χ1) is 11.8. The number of aromatic nitrogens is 2. The van der Waals surface area contributed by atoms with Crippen LogP contribution in [-0.2, 0) is 10.0 Å². The predicted octanol–water partition coefficient (Wildman–Crippen LogP) is 4.63. The van der Waals surface area contributed by atoms with Crippen molar-refractivity contribution in [1.29, 1.82) is 0 Å². The summed E-state index contributed by atoms with van der Waals surface area (Å²) in [5, 5.41) is 6.42. The zero-order chi connectivity index (χ0) is 18.0. The van der Waals surface area contributed by atoms with Crippen molar-refractivity contribution in [3.63, 3.8) is 0 Å². The maximum Gasteiger partial charge on any atom is 0.229 e. The minimum Gasteiger partial charge on any atom is -0.315 e. The number of pyridine rings is 1. The molecule has 0 aliphatic heterocycles. The molecule has 0 spiro atoms. The lowest BCUT2D eigenvalue weighted by molar-refractivity contribution is 0.607. The van der Waals surface area contributed by atoms with Crippen molar-refractivity contribution >= 4 is 61.2 Å². The van der Waals surface area contributed by atoms with Gasteiger partial charge in [-0.25, -0.2) is 18.4 Å². The zero-order valence-corrected chi connectivity index (χ0v) is 16.0. The highest BCUT2D eigenvalue weighted by Gasteiger charge is 2.09. The van der Waals surface area contributed by atoms with E-state index in [4.69, 9.17) is 23.2 Å². The van der Waals surface area contributed by atoms with E-state index < -0.39 is 10.0 Å². The molecule has 1 aromatic carbocycles. The summed E-state index contributed by atoms with van der Waals surface area (Å²) in [5.74, 6) is 0.472. The molecule has 6 nitrogen and oxygen atoms in total. The van der Waals surface area contributed by atoms with Crippen LogP contribution in [0.2, 0.25) is 10.0 Å². The van der Waals surface area contributed by atoms with Gasteiger partial charge in [0.15, 0.2) is 10.9 Å². The molecule has 0 saturated heterocycles. The molecule has 0 aliphatic rings. The highest BCUT2D eigenvalue weighted by molar-refractivity contribution is 7.92. The number of nitrogens with zero attached hydrogens (tertiary/aromatic N) is 2. The van der Waals surface area contributed by atoms with Crippen LogP contribution in [0.25, 0.3) is 11.3 Å². The molecule has 0 saturated carbocycles. The van der Waals surface area contributed by atoms with Crippen molar-refractivity contribution in [3.8, 4) is 11.3 Å². The Morgan fingerprint density at radius 1 is 1.16 bits per heavy atom. The molecule has 2 aromatic heterocycles. The summed E-state index contributed by atoms with van der Waals surface area (Å²) >= 11 is 13.3. The van der Waals surface area contributed by atoms with Crippen LogP contribution in [0.15, 0.2) is 41.9 Å². The summed E-state index contributed by atoms with van der Waals surface area (Å²) < 4.78 is 24.9. The Labute approximate surface area is 158 Å². The highest BCUT2D eigenvalue weighted by atomic mass is 35.5.